The van der Waals surface area contributed by atoms with Gasteiger partial charge < -0.3 is 10.4 Å². The van der Waals surface area contributed by atoms with Crippen LogP contribution < -0.4 is 5.32 Å². The molecule has 0 unspecified atom stereocenters. The van der Waals surface area contributed by atoms with Gasteiger partial charge in [0, 0.05) is 26.2 Å². The minimum Gasteiger partial charge on any atom is -0.394 e. The monoisotopic (exact) mass is 342 g/mol. The Bertz CT molecular complexity index is 776. The summed E-state index contributed by atoms with van der Waals surface area (Å²) in [5.74, 6) is 0. The number of halogens is 1. The Hall–Kier alpha value is -1.65. The molecule has 126 valence electrons. The number of benzene rings is 3. The fraction of sp³-hybridized carbons (Fsp3) is 0.300. The molecule has 0 aromatic heterocycles. The van der Waals surface area contributed by atoms with Crippen LogP contribution in [0.3, 0.4) is 0 Å². The SMILES string of the molecule is Cl.OC[C@@H](c1c2ccccc2cc2ccccc12)N1CCNCC1. The second-order valence-corrected chi connectivity index (χ2v) is 6.22. The largest absolute Gasteiger partial charge is 0.394 e. The van der Waals surface area contributed by atoms with Crippen LogP contribution in [-0.2, 0) is 0 Å². The van der Waals surface area contributed by atoms with E-state index in [0.717, 1.165) is 26.2 Å². The van der Waals surface area contributed by atoms with Crippen molar-refractivity contribution in [3.8, 4) is 0 Å². The van der Waals surface area contributed by atoms with E-state index in [2.05, 4.69) is 64.8 Å². The molecular weight excluding hydrogens is 320 g/mol. The van der Waals surface area contributed by atoms with Crippen LogP contribution >= 0.6 is 12.4 Å². The summed E-state index contributed by atoms with van der Waals surface area (Å²) < 4.78 is 0. The summed E-state index contributed by atoms with van der Waals surface area (Å²) in [6.45, 7) is 4.07. The molecule has 0 amide bonds. The first-order chi connectivity index (χ1) is 11.4. The minimum absolute atomic E-state index is 0. The summed E-state index contributed by atoms with van der Waals surface area (Å²) in [5, 5.41) is 18.6. The molecular formula is C20H23ClN2O. The first-order valence-corrected chi connectivity index (χ1v) is 8.34. The highest BCUT2D eigenvalue weighted by Gasteiger charge is 2.24. The minimum atomic E-state index is 0. The standard InChI is InChI=1S/C20H22N2O.ClH/c23-14-19(22-11-9-21-10-12-22)20-17-7-3-1-5-15(17)13-16-6-2-4-8-18(16)20;/h1-8,13,19,21,23H,9-12,14H2;1H/t19-;/m0./s1. The van der Waals surface area contributed by atoms with E-state index in [1.165, 1.54) is 27.1 Å². The molecule has 2 N–H and O–H groups in total. The fourth-order valence-corrected chi connectivity index (χ4v) is 3.79. The molecule has 1 aliphatic rings. The Kier molecular flexibility index (Phi) is 5.36. The third-order valence-electron chi connectivity index (χ3n) is 4.91. The van der Waals surface area contributed by atoms with E-state index in [-0.39, 0.29) is 25.1 Å². The lowest BCUT2D eigenvalue weighted by Crippen LogP contribution is -2.46. The number of rotatable bonds is 3. The molecule has 24 heavy (non-hydrogen) atoms. The van der Waals surface area contributed by atoms with E-state index in [4.69, 9.17) is 0 Å². The Labute approximate surface area is 148 Å². The number of piperazine rings is 1. The molecule has 1 heterocycles. The fourth-order valence-electron chi connectivity index (χ4n) is 3.79. The molecule has 0 bridgehead atoms. The van der Waals surface area contributed by atoms with Crippen molar-refractivity contribution in [2.45, 2.75) is 6.04 Å². The number of aliphatic hydroxyl groups is 1. The average molecular weight is 343 g/mol. The second kappa shape index (κ2) is 7.49. The van der Waals surface area contributed by atoms with Gasteiger partial charge in [0.25, 0.3) is 0 Å². The van der Waals surface area contributed by atoms with Gasteiger partial charge in [-0.1, -0.05) is 48.5 Å². The predicted molar refractivity (Wildman–Crippen MR) is 103 cm³/mol. The third-order valence-corrected chi connectivity index (χ3v) is 4.91. The van der Waals surface area contributed by atoms with Crippen molar-refractivity contribution >= 4 is 34.0 Å². The van der Waals surface area contributed by atoms with Gasteiger partial charge in [-0.3, -0.25) is 4.90 Å². The Morgan fingerprint density at radius 1 is 0.917 bits per heavy atom. The predicted octanol–water partition coefficient (Wildman–Crippen LogP) is 3.35. The molecule has 0 saturated carbocycles. The number of aliphatic hydroxyl groups excluding tert-OH is 1. The van der Waals surface area contributed by atoms with Crippen molar-refractivity contribution in [3.63, 3.8) is 0 Å². The van der Waals surface area contributed by atoms with Crippen LogP contribution in [0.4, 0.5) is 0 Å². The highest BCUT2D eigenvalue weighted by Crippen LogP contribution is 2.35. The molecule has 3 aromatic rings. The van der Waals surface area contributed by atoms with Crippen LogP contribution in [0, 0.1) is 0 Å². The van der Waals surface area contributed by atoms with E-state index < -0.39 is 0 Å². The molecule has 0 radical (unpaired) electrons. The molecule has 1 aliphatic heterocycles. The topological polar surface area (TPSA) is 35.5 Å². The number of nitrogens with one attached hydrogen (secondary N) is 1. The molecule has 3 aromatic carbocycles. The maximum atomic E-state index is 10.2. The molecule has 1 saturated heterocycles. The molecule has 4 heteroatoms. The number of nitrogens with zero attached hydrogens (tertiary/aromatic N) is 1. The molecule has 4 rings (SSSR count). The maximum absolute atomic E-state index is 10.2. The average Bonchev–Trinajstić information content (AvgIpc) is 2.62. The highest BCUT2D eigenvalue weighted by molar-refractivity contribution is 6.02. The van der Waals surface area contributed by atoms with E-state index in [9.17, 15) is 5.11 Å². The lowest BCUT2D eigenvalue weighted by atomic mass is 9.91. The maximum Gasteiger partial charge on any atom is 0.0629 e. The van der Waals surface area contributed by atoms with E-state index in [0.29, 0.717) is 0 Å². The zero-order chi connectivity index (χ0) is 15.6. The van der Waals surface area contributed by atoms with Gasteiger partial charge in [-0.15, -0.1) is 12.4 Å². The van der Waals surface area contributed by atoms with Gasteiger partial charge in [-0.2, -0.15) is 0 Å². The van der Waals surface area contributed by atoms with Crippen molar-refractivity contribution in [2.75, 3.05) is 32.8 Å². The summed E-state index contributed by atoms with van der Waals surface area (Å²) in [7, 11) is 0. The van der Waals surface area contributed by atoms with E-state index >= 15 is 0 Å². The zero-order valence-corrected chi connectivity index (χ0v) is 14.4. The van der Waals surface area contributed by atoms with Crippen molar-refractivity contribution in [1.29, 1.82) is 0 Å². The smallest absolute Gasteiger partial charge is 0.0629 e. The first-order valence-electron chi connectivity index (χ1n) is 8.34. The molecule has 0 spiro atoms. The zero-order valence-electron chi connectivity index (χ0n) is 13.6. The molecule has 0 aliphatic carbocycles. The van der Waals surface area contributed by atoms with Crippen molar-refractivity contribution in [1.82, 2.24) is 10.2 Å². The van der Waals surface area contributed by atoms with Crippen LogP contribution in [0.25, 0.3) is 21.5 Å². The van der Waals surface area contributed by atoms with Crippen LogP contribution in [0.15, 0.2) is 54.6 Å². The number of hydrogen-bond acceptors (Lipinski definition) is 3. The van der Waals surface area contributed by atoms with Gasteiger partial charge in [0.1, 0.15) is 0 Å². The summed E-state index contributed by atoms with van der Waals surface area (Å²) in [5.41, 5.74) is 1.27. The Balaban J connectivity index is 0.00000169. The van der Waals surface area contributed by atoms with Crippen LogP contribution in [0.5, 0.6) is 0 Å². The summed E-state index contributed by atoms with van der Waals surface area (Å²) in [4.78, 5) is 2.41. The molecule has 1 atom stereocenters. The van der Waals surface area contributed by atoms with Crippen molar-refractivity contribution in [2.24, 2.45) is 0 Å². The van der Waals surface area contributed by atoms with Crippen LogP contribution in [0.2, 0.25) is 0 Å². The molecule has 1 fully saturated rings. The normalized spacial score (nSPS) is 16.9. The van der Waals surface area contributed by atoms with Gasteiger partial charge in [0.2, 0.25) is 0 Å². The van der Waals surface area contributed by atoms with Gasteiger partial charge in [-0.05, 0) is 33.2 Å². The third kappa shape index (κ3) is 3.01. The van der Waals surface area contributed by atoms with Crippen molar-refractivity contribution < 1.29 is 5.11 Å². The first kappa shape index (κ1) is 17.2. The quantitative estimate of drug-likeness (QED) is 0.716. The van der Waals surface area contributed by atoms with Gasteiger partial charge in [-0.25, -0.2) is 0 Å². The van der Waals surface area contributed by atoms with Crippen LogP contribution in [-0.4, -0.2) is 42.8 Å². The Morgan fingerprint density at radius 3 is 2.00 bits per heavy atom. The van der Waals surface area contributed by atoms with Gasteiger partial charge in [0.05, 0.1) is 12.6 Å². The molecule has 3 nitrogen and oxygen atoms in total. The van der Waals surface area contributed by atoms with Gasteiger partial charge in [0.15, 0.2) is 0 Å². The lowest BCUT2D eigenvalue weighted by molar-refractivity contribution is 0.112. The second-order valence-electron chi connectivity index (χ2n) is 6.22. The number of hydrogen-bond donors (Lipinski definition) is 2. The Morgan fingerprint density at radius 2 is 1.46 bits per heavy atom. The van der Waals surface area contributed by atoms with Crippen molar-refractivity contribution in [3.05, 3.63) is 60.2 Å². The number of fused-ring (bicyclic) bond motifs is 2. The van der Waals surface area contributed by atoms with E-state index in [1.54, 1.807) is 0 Å². The summed E-state index contributed by atoms with van der Waals surface area (Å²) >= 11 is 0. The highest BCUT2D eigenvalue weighted by atomic mass is 35.5. The summed E-state index contributed by atoms with van der Waals surface area (Å²) in [6.07, 6.45) is 0. The summed E-state index contributed by atoms with van der Waals surface area (Å²) in [6, 6.07) is 19.3. The lowest BCUT2D eigenvalue weighted by Gasteiger charge is -2.35. The van der Waals surface area contributed by atoms with Gasteiger partial charge >= 0.3 is 0 Å². The van der Waals surface area contributed by atoms with E-state index in [1.807, 2.05) is 0 Å². The van der Waals surface area contributed by atoms with Crippen LogP contribution in [0.1, 0.15) is 11.6 Å².